The van der Waals surface area contributed by atoms with Gasteiger partial charge in [0.05, 0.1) is 25.4 Å². The second-order valence-corrected chi connectivity index (χ2v) is 6.93. The van der Waals surface area contributed by atoms with Gasteiger partial charge in [0.25, 0.3) is 0 Å². The highest BCUT2D eigenvalue weighted by molar-refractivity contribution is 7.99. The van der Waals surface area contributed by atoms with E-state index in [1.807, 2.05) is 6.92 Å². The summed E-state index contributed by atoms with van der Waals surface area (Å²) in [6.45, 7) is 2.00. The summed E-state index contributed by atoms with van der Waals surface area (Å²) in [5.41, 5.74) is 6.11. The zero-order valence-corrected chi connectivity index (χ0v) is 14.9. The summed E-state index contributed by atoms with van der Waals surface area (Å²) in [6.07, 6.45) is -1.36. The number of nitrogens with one attached hydrogen (secondary N) is 1. The number of nitrogens with zero attached hydrogens (tertiary/aromatic N) is 2. The highest BCUT2D eigenvalue weighted by Crippen LogP contribution is 2.31. The fourth-order valence-electron chi connectivity index (χ4n) is 2.47. The zero-order valence-electron chi connectivity index (χ0n) is 13.4. The Morgan fingerprint density at radius 1 is 1.38 bits per heavy atom. The molecule has 1 heterocycles. The number of aromatic nitrogens is 2. The predicted octanol–water partition coefficient (Wildman–Crippen LogP) is 0.498. The van der Waals surface area contributed by atoms with Crippen molar-refractivity contribution in [3.05, 3.63) is 5.15 Å². The zero-order chi connectivity index (χ0) is 17.7. The molecular weight excluding hydrogens is 356 g/mol. The van der Waals surface area contributed by atoms with Crippen molar-refractivity contribution >= 4 is 34.9 Å². The molecule has 2 unspecified atom stereocenters. The van der Waals surface area contributed by atoms with Crippen molar-refractivity contribution < 1.29 is 20.1 Å². The molecule has 1 fully saturated rings. The summed E-state index contributed by atoms with van der Waals surface area (Å²) >= 11 is 7.51. The van der Waals surface area contributed by atoms with E-state index in [0.717, 1.165) is 12.2 Å². The van der Waals surface area contributed by atoms with E-state index in [4.69, 9.17) is 27.2 Å². The molecule has 0 spiro atoms. The molecular formula is C14H23ClN4O4S. The molecule has 0 bridgehead atoms. The van der Waals surface area contributed by atoms with Crippen molar-refractivity contribution in [2.24, 2.45) is 0 Å². The van der Waals surface area contributed by atoms with Gasteiger partial charge in [0.2, 0.25) is 0 Å². The van der Waals surface area contributed by atoms with Gasteiger partial charge in [-0.1, -0.05) is 30.3 Å². The maximum atomic E-state index is 10.2. The number of aliphatic hydroxyl groups is 3. The molecule has 6 N–H and O–H groups in total. The SMILES string of the molecule is CCCSc1nc(Cl)c(N)c(NC2CC(OCCO)[C@@H](O)[C@H]2O)n1. The Hall–Kier alpha value is -0.840. The number of ether oxygens (including phenoxy) is 1. The van der Waals surface area contributed by atoms with Gasteiger partial charge >= 0.3 is 0 Å². The lowest BCUT2D eigenvalue weighted by Gasteiger charge is -2.19. The summed E-state index contributed by atoms with van der Waals surface area (Å²) in [6, 6.07) is -0.499. The van der Waals surface area contributed by atoms with Gasteiger partial charge in [0.1, 0.15) is 17.9 Å². The maximum absolute atomic E-state index is 10.2. The van der Waals surface area contributed by atoms with Crippen LogP contribution in [0.1, 0.15) is 19.8 Å². The van der Waals surface area contributed by atoms with E-state index >= 15 is 0 Å². The highest BCUT2D eigenvalue weighted by Gasteiger charge is 2.42. The quantitative estimate of drug-likeness (QED) is 0.249. The molecule has 0 aliphatic heterocycles. The first-order valence-electron chi connectivity index (χ1n) is 7.78. The van der Waals surface area contributed by atoms with E-state index in [1.165, 1.54) is 11.8 Å². The fourth-order valence-corrected chi connectivity index (χ4v) is 3.39. The Bertz CT molecular complexity index is 554. The maximum Gasteiger partial charge on any atom is 0.191 e. The Balaban J connectivity index is 2.10. The average Bonchev–Trinajstić information content (AvgIpc) is 2.83. The van der Waals surface area contributed by atoms with Gasteiger partial charge in [-0.3, -0.25) is 0 Å². The number of hydrogen-bond acceptors (Lipinski definition) is 9. The van der Waals surface area contributed by atoms with Crippen LogP contribution in [0, 0.1) is 0 Å². The first-order valence-corrected chi connectivity index (χ1v) is 9.15. The van der Waals surface area contributed by atoms with Gasteiger partial charge in [0.15, 0.2) is 16.1 Å². The monoisotopic (exact) mass is 378 g/mol. The van der Waals surface area contributed by atoms with Gasteiger partial charge in [-0.25, -0.2) is 9.97 Å². The molecule has 1 aromatic heterocycles. The Kier molecular flexibility index (Phi) is 7.33. The van der Waals surface area contributed by atoms with Crippen LogP contribution < -0.4 is 11.1 Å². The minimum atomic E-state index is -1.05. The Morgan fingerprint density at radius 3 is 2.79 bits per heavy atom. The largest absolute Gasteiger partial charge is 0.394 e. The Labute approximate surface area is 149 Å². The standard InChI is InChI=1S/C14H23ClN4O4S/c1-2-5-24-14-18-12(15)9(16)13(19-14)17-7-6-8(23-4-3-20)11(22)10(7)21/h7-8,10-11,20-22H,2-6,16H2,1H3,(H,17,18,19)/t7?,8?,10-,11+/m0/s1. The number of thioether (sulfide) groups is 1. The van der Waals surface area contributed by atoms with Crippen LogP contribution >= 0.6 is 23.4 Å². The molecule has 24 heavy (non-hydrogen) atoms. The van der Waals surface area contributed by atoms with Gasteiger partial charge in [-0.15, -0.1) is 0 Å². The van der Waals surface area contributed by atoms with E-state index in [0.29, 0.717) is 17.4 Å². The predicted molar refractivity (Wildman–Crippen MR) is 93.3 cm³/mol. The number of nitrogen functional groups attached to an aromatic ring is 1. The van der Waals surface area contributed by atoms with Crippen LogP contribution in [0.3, 0.4) is 0 Å². The molecule has 1 saturated carbocycles. The van der Waals surface area contributed by atoms with Gasteiger partial charge in [-0.2, -0.15) is 0 Å². The number of halogens is 1. The number of rotatable bonds is 8. The van der Waals surface area contributed by atoms with Crippen LogP contribution in [0.25, 0.3) is 0 Å². The molecule has 0 amide bonds. The topological polar surface area (TPSA) is 134 Å². The third kappa shape index (κ3) is 4.62. The minimum absolute atomic E-state index is 0.0977. The number of anilines is 2. The van der Waals surface area contributed by atoms with Crippen LogP contribution in [0.15, 0.2) is 5.16 Å². The van der Waals surface area contributed by atoms with E-state index in [2.05, 4.69) is 15.3 Å². The molecule has 136 valence electrons. The Morgan fingerprint density at radius 2 is 2.12 bits per heavy atom. The van der Waals surface area contributed by atoms with Crippen LogP contribution in [-0.4, -0.2) is 68.6 Å². The average molecular weight is 379 g/mol. The summed E-state index contributed by atoms with van der Waals surface area (Å²) in [5, 5.41) is 32.7. The number of nitrogens with two attached hydrogens (primary N) is 1. The van der Waals surface area contributed by atoms with Crippen molar-refractivity contribution in [3.8, 4) is 0 Å². The highest BCUT2D eigenvalue weighted by atomic mass is 35.5. The first kappa shape index (κ1) is 19.5. The molecule has 0 aromatic carbocycles. The van der Waals surface area contributed by atoms with Crippen LogP contribution in [0.2, 0.25) is 5.15 Å². The molecule has 8 nitrogen and oxygen atoms in total. The second-order valence-electron chi connectivity index (χ2n) is 5.51. The van der Waals surface area contributed by atoms with Crippen LogP contribution in [0.4, 0.5) is 11.5 Å². The lowest BCUT2D eigenvalue weighted by Crippen LogP contribution is -2.36. The third-order valence-corrected chi connectivity index (χ3v) is 5.03. The minimum Gasteiger partial charge on any atom is -0.394 e. The third-order valence-electron chi connectivity index (χ3n) is 3.69. The van der Waals surface area contributed by atoms with Crippen molar-refractivity contribution in [3.63, 3.8) is 0 Å². The smallest absolute Gasteiger partial charge is 0.191 e. The second kappa shape index (κ2) is 9.02. The van der Waals surface area contributed by atoms with E-state index in [1.54, 1.807) is 0 Å². The molecule has 0 saturated heterocycles. The van der Waals surface area contributed by atoms with Crippen molar-refractivity contribution in [1.29, 1.82) is 0 Å². The van der Waals surface area contributed by atoms with Crippen molar-refractivity contribution in [1.82, 2.24) is 9.97 Å². The van der Waals surface area contributed by atoms with Crippen LogP contribution in [0.5, 0.6) is 0 Å². The summed E-state index contributed by atoms with van der Waals surface area (Å²) in [5.74, 6) is 1.18. The fraction of sp³-hybridized carbons (Fsp3) is 0.714. The molecule has 1 aromatic rings. The van der Waals surface area contributed by atoms with Crippen LogP contribution in [-0.2, 0) is 4.74 Å². The van der Waals surface area contributed by atoms with E-state index in [9.17, 15) is 10.2 Å². The van der Waals surface area contributed by atoms with Gasteiger partial charge in [0, 0.05) is 5.75 Å². The lowest BCUT2D eigenvalue weighted by molar-refractivity contribution is -0.0612. The van der Waals surface area contributed by atoms with E-state index in [-0.39, 0.29) is 24.1 Å². The summed E-state index contributed by atoms with van der Waals surface area (Å²) in [7, 11) is 0. The molecule has 1 aliphatic rings. The molecule has 1 aliphatic carbocycles. The normalized spacial score (nSPS) is 26.7. The van der Waals surface area contributed by atoms with Crippen molar-refractivity contribution in [2.75, 3.05) is 30.0 Å². The summed E-state index contributed by atoms with van der Waals surface area (Å²) < 4.78 is 5.34. The lowest BCUT2D eigenvalue weighted by atomic mass is 10.2. The van der Waals surface area contributed by atoms with Crippen molar-refractivity contribution in [2.45, 2.75) is 49.3 Å². The molecule has 0 radical (unpaired) electrons. The van der Waals surface area contributed by atoms with E-state index < -0.39 is 24.4 Å². The molecule has 10 heteroatoms. The van der Waals surface area contributed by atoms with Gasteiger partial charge < -0.3 is 31.1 Å². The summed E-state index contributed by atoms with van der Waals surface area (Å²) in [4.78, 5) is 8.46. The first-order chi connectivity index (χ1) is 11.5. The number of hydrogen-bond donors (Lipinski definition) is 5. The molecule has 4 atom stereocenters. The van der Waals surface area contributed by atoms with Gasteiger partial charge in [-0.05, 0) is 12.8 Å². The number of aliphatic hydroxyl groups excluding tert-OH is 3. The molecule has 2 rings (SSSR count).